The van der Waals surface area contributed by atoms with E-state index < -0.39 is 5.97 Å². The smallest absolute Gasteiger partial charge is 0.303 e. The summed E-state index contributed by atoms with van der Waals surface area (Å²) < 4.78 is 0. The monoisotopic (exact) mass is 504 g/mol. The second-order valence-electron chi connectivity index (χ2n) is 13.4. The number of halogens is 1. The molecule has 0 radical (unpaired) electrons. The van der Waals surface area contributed by atoms with E-state index in [9.17, 15) is 14.7 Å². The van der Waals surface area contributed by atoms with Gasteiger partial charge in [-0.3, -0.25) is 9.59 Å². The summed E-state index contributed by atoms with van der Waals surface area (Å²) in [6.45, 7) is 7.18. The Hall–Kier alpha value is -0.830. The molecule has 3 unspecified atom stereocenters. The Morgan fingerprint density at radius 2 is 1.63 bits per heavy atom. The second-order valence-corrected chi connectivity index (χ2v) is 13.8. The van der Waals surface area contributed by atoms with Crippen molar-refractivity contribution in [3.05, 3.63) is 11.6 Å². The number of aliphatic carboxylic acids is 1. The molecule has 0 heterocycles. The van der Waals surface area contributed by atoms with Crippen molar-refractivity contribution in [1.29, 1.82) is 0 Å². The van der Waals surface area contributed by atoms with Crippen LogP contribution >= 0.6 is 11.6 Å². The van der Waals surface area contributed by atoms with E-state index in [0.29, 0.717) is 42.3 Å². The first-order chi connectivity index (χ1) is 16.6. The average Bonchev–Trinajstić information content (AvgIpc) is 3.06. The third-order valence-corrected chi connectivity index (χ3v) is 11.9. The third-order valence-electron chi connectivity index (χ3n) is 11.7. The van der Waals surface area contributed by atoms with Gasteiger partial charge in [0.25, 0.3) is 0 Å². The molecule has 1 N–H and O–H groups in total. The zero-order valence-electron chi connectivity index (χ0n) is 22.5. The summed E-state index contributed by atoms with van der Waals surface area (Å²) in [7, 11) is 0. The van der Waals surface area contributed by atoms with Gasteiger partial charge in [-0.25, -0.2) is 0 Å². The molecule has 4 aliphatic rings. The molecular weight excluding hydrogens is 456 g/mol. The molecule has 0 amide bonds. The van der Waals surface area contributed by atoms with Gasteiger partial charge in [0, 0.05) is 12.3 Å². The zero-order chi connectivity index (χ0) is 25.3. The predicted octanol–water partition coefficient (Wildman–Crippen LogP) is 8.59. The molecule has 0 aromatic carbocycles. The van der Waals surface area contributed by atoms with Crippen LogP contribution in [0.15, 0.2) is 11.6 Å². The first kappa shape index (κ1) is 27.2. The summed E-state index contributed by atoms with van der Waals surface area (Å²) in [5.41, 5.74) is 1.65. The van der Waals surface area contributed by atoms with Gasteiger partial charge in [0.05, 0.1) is 6.42 Å². The van der Waals surface area contributed by atoms with E-state index in [2.05, 4.69) is 20.8 Å². The van der Waals surface area contributed by atoms with Crippen LogP contribution in [0.1, 0.15) is 124 Å². The van der Waals surface area contributed by atoms with Crippen LogP contribution in [0.5, 0.6) is 0 Å². The summed E-state index contributed by atoms with van der Waals surface area (Å²) in [5.74, 6) is 3.10. The van der Waals surface area contributed by atoms with E-state index >= 15 is 0 Å². The van der Waals surface area contributed by atoms with Gasteiger partial charge in [0.1, 0.15) is 0 Å². The molecule has 3 saturated carbocycles. The van der Waals surface area contributed by atoms with Crippen molar-refractivity contribution < 1.29 is 14.7 Å². The molecule has 198 valence electrons. The van der Waals surface area contributed by atoms with Crippen LogP contribution in [0.25, 0.3) is 0 Å². The Labute approximate surface area is 218 Å². The van der Waals surface area contributed by atoms with E-state index in [-0.39, 0.29) is 16.2 Å². The fourth-order valence-electron chi connectivity index (χ4n) is 9.37. The van der Waals surface area contributed by atoms with Gasteiger partial charge >= 0.3 is 5.97 Å². The second kappa shape index (κ2) is 10.9. The lowest BCUT2D eigenvalue weighted by Crippen LogP contribution is -2.55. The maximum atomic E-state index is 12.4. The van der Waals surface area contributed by atoms with Crippen molar-refractivity contribution in [1.82, 2.24) is 0 Å². The molecular formula is C31H49ClO3. The maximum Gasteiger partial charge on any atom is 0.303 e. The lowest BCUT2D eigenvalue weighted by atomic mass is 9.43. The van der Waals surface area contributed by atoms with Crippen molar-refractivity contribution in [2.45, 2.75) is 124 Å². The Morgan fingerprint density at radius 3 is 2.31 bits per heavy atom. The Bertz CT molecular complexity index is 820. The first-order valence-corrected chi connectivity index (χ1v) is 15.2. The highest BCUT2D eigenvalue weighted by atomic mass is 35.5. The van der Waals surface area contributed by atoms with Crippen LogP contribution in [0, 0.1) is 39.9 Å². The van der Waals surface area contributed by atoms with E-state index in [1.165, 1.54) is 63.4 Å². The minimum absolute atomic E-state index is 0.0956. The normalized spacial score (nSPS) is 40.6. The molecule has 0 saturated heterocycles. The number of carboxylic acid groups (broad SMARTS) is 1. The van der Waals surface area contributed by atoms with Crippen LogP contribution in [0.4, 0.5) is 0 Å². The Morgan fingerprint density at radius 1 is 0.971 bits per heavy atom. The van der Waals surface area contributed by atoms with Gasteiger partial charge in [-0.15, -0.1) is 11.6 Å². The number of unbranched alkanes of at least 4 members (excludes halogenated alkanes) is 6. The first-order valence-electron chi connectivity index (χ1n) is 14.7. The molecule has 4 rings (SSSR count). The topological polar surface area (TPSA) is 54.4 Å². The highest BCUT2D eigenvalue weighted by Gasteiger charge is 2.64. The highest BCUT2D eigenvalue weighted by Crippen LogP contribution is 2.71. The summed E-state index contributed by atoms with van der Waals surface area (Å²) in [4.78, 5) is 24.2. The van der Waals surface area contributed by atoms with Crippen LogP contribution in [0.3, 0.4) is 0 Å². The van der Waals surface area contributed by atoms with Crippen LogP contribution < -0.4 is 0 Å². The van der Waals surface area contributed by atoms with Crippen LogP contribution in [-0.4, -0.2) is 22.7 Å². The van der Waals surface area contributed by atoms with E-state index in [1.807, 2.05) is 6.08 Å². The molecule has 0 aromatic heterocycles. The van der Waals surface area contributed by atoms with E-state index in [0.717, 1.165) is 38.0 Å². The van der Waals surface area contributed by atoms with Crippen molar-refractivity contribution in [3.8, 4) is 0 Å². The van der Waals surface area contributed by atoms with Crippen molar-refractivity contribution in [2.24, 2.45) is 39.9 Å². The largest absolute Gasteiger partial charge is 0.481 e. The third kappa shape index (κ3) is 5.14. The standard InChI is InChI=1S/C31H49ClO3/c1-29(21-27(34)35)15-13-26-28-22(11-9-7-5-4-6-8-10-18-32)19-23-20-24(33)12-16-30(23,2)25(28)14-17-31(26,29)3/h20,22,25-26,28H,4-19,21H2,1-3H3,(H,34,35)/t22-,25?,26?,28?,29-,30+,31+/m1/s1. The minimum Gasteiger partial charge on any atom is -0.481 e. The number of ketones is 1. The summed E-state index contributed by atoms with van der Waals surface area (Å²) in [6.07, 6.45) is 20.0. The van der Waals surface area contributed by atoms with Gasteiger partial charge in [-0.05, 0) is 97.4 Å². The molecule has 7 atom stereocenters. The number of carbonyl (C=O) groups excluding carboxylic acids is 1. The molecule has 0 bridgehead atoms. The number of carbonyl (C=O) groups is 2. The maximum absolute atomic E-state index is 12.4. The lowest BCUT2D eigenvalue weighted by molar-refractivity contribution is -0.145. The minimum atomic E-state index is -0.634. The molecule has 3 nitrogen and oxygen atoms in total. The molecule has 4 aliphatic carbocycles. The number of hydrogen-bond acceptors (Lipinski definition) is 2. The fourth-order valence-corrected chi connectivity index (χ4v) is 9.56. The predicted molar refractivity (Wildman–Crippen MR) is 144 cm³/mol. The molecule has 0 spiro atoms. The zero-order valence-corrected chi connectivity index (χ0v) is 23.3. The Kier molecular flexibility index (Phi) is 8.46. The molecule has 0 aliphatic heterocycles. The van der Waals surface area contributed by atoms with E-state index in [1.54, 1.807) is 0 Å². The van der Waals surface area contributed by atoms with Gasteiger partial charge < -0.3 is 5.11 Å². The quantitative estimate of drug-likeness (QED) is 0.226. The van der Waals surface area contributed by atoms with Crippen molar-refractivity contribution in [3.63, 3.8) is 0 Å². The summed E-state index contributed by atoms with van der Waals surface area (Å²) in [6, 6.07) is 0. The molecule has 4 heteroatoms. The average molecular weight is 505 g/mol. The summed E-state index contributed by atoms with van der Waals surface area (Å²) >= 11 is 5.81. The van der Waals surface area contributed by atoms with E-state index in [4.69, 9.17) is 11.6 Å². The van der Waals surface area contributed by atoms with Crippen molar-refractivity contribution in [2.75, 3.05) is 5.88 Å². The van der Waals surface area contributed by atoms with Gasteiger partial charge in [-0.1, -0.05) is 64.9 Å². The molecule has 3 fully saturated rings. The molecule has 35 heavy (non-hydrogen) atoms. The number of carboxylic acids is 1. The van der Waals surface area contributed by atoms with Gasteiger partial charge in [0.15, 0.2) is 5.78 Å². The highest BCUT2D eigenvalue weighted by molar-refractivity contribution is 6.17. The Balaban J connectivity index is 1.51. The van der Waals surface area contributed by atoms with Gasteiger partial charge in [-0.2, -0.15) is 0 Å². The number of hydrogen-bond donors (Lipinski definition) is 1. The van der Waals surface area contributed by atoms with Crippen molar-refractivity contribution >= 4 is 23.4 Å². The lowest BCUT2D eigenvalue weighted by Gasteiger charge is -2.62. The summed E-state index contributed by atoms with van der Waals surface area (Å²) in [5, 5.41) is 9.74. The number of rotatable bonds is 11. The van der Waals surface area contributed by atoms with Gasteiger partial charge in [0.2, 0.25) is 0 Å². The number of alkyl halides is 1. The fraction of sp³-hybridized carbons (Fsp3) is 0.871. The SMILES string of the molecule is C[C@]1(CC(=O)O)CCC2C3C(CC[C@@]21C)[C@@]1(C)CCC(=O)C=C1C[C@H]3CCCCCCCCCCl. The van der Waals surface area contributed by atoms with Crippen LogP contribution in [0.2, 0.25) is 0 Å². The number of fused-ring (bicyclic) bond motifs is 5. The molecule has 0 aromatic rings. The van der Waals surface area contributed by atoms with Crippen LogP contribution in [-0.2, 0) is 9.59 Å². The number of allylic oxidation sites excluding steroid dienone is 1.